The molecule has 1 aromatic carbocycles. The van der Waals surface area contributed by atoms with Crippen LogP contribution in [0.2, 0.25) is 0 Å². The van der Waals surface area contributed by atoms with Crippen molar-refractivity contribution in [3.8, 4) is 5.75 Å². The van der Waals surface area contributed by atoms with Crippen LogP contribution in [0, 0.1) is 0 Å². The molecule has 0 amide bonds. The Morgan fingerprint density at radius 3 is 1.84 bits per heavy atom. The van der Waals surface area contributed by atoms with Crippen LogP contribution in [0.3, 0.4) is 0 Å². The molecule has 0 aliphatic heterocycles. The molecular weight excluding hydrogens is 310 g/mol. The Labute approximate surface area is 153 Å². The van der Waals surface area contributed by atoms with Crippen molar-refractivity contribution in [3.05, 3.63) is 28.8 Å². The van der Waals surface area contributed by atoms with Crippen molar-refractivity contribution in [3.63, 3.8) is 0 Å². The number of phenolic OH excluding ortho intramolecular Hbond substituents is 1. The Hall–Kier alpha value is -1.51. The summed E-state index contributed by atoms with van der Waals surface area (Å²) in [7, 11) is 1.75. The molecule has 0 unspecified atom stereocenters. The van der Waals surface area contributed by atoms with E-state index >= 15 is 0 Å². The predicted octanol–water partition coefficient (Wildman–Crippen LogP) is 5.31. The fourth-order valence-electron chi connectivity index (χ4n) is 3.66. The van der Waals surface area contributed by atoms with Gasteiger partial charge in [0, 0.05) is 29.5 Å². The molecule has 1 fully saturated rings. The van der Waals surface area contributed by atoms with E-state index in [2.05, 4.69) is 59.9 Å². The fraction of sp³-hybridized carbons (Fsp3) is 0.682. The van der Waals surface area contributed by atoms with Crippen molar-refractivity contribution in [2.24, 2.45) is 0 Å². The van der Waals surface area contributed by atoms with Gasteiger partial charge in [-0.15, -0.1) is 0 Å². The molecular formula is C22H36NO2+. The van der Waals surface area contributed by atoms with Gasteiger partial charge >= 0.3 is 0 Å². The highest BCUT2D eigenvalue weighted by atomic mass is 16.7. The maximum absolute atomic E-state index is 10.9. The molecule has 3 heteroatoms. The van der Waals surface area contributed by atoms with Crippen molar-refractivity contribution < 1.29 is 14.7 Å². The summed E-state index contributed by atoms with van der Waals surface area (Å²) < 4.78 is 2.02. The van der Waals surface area contributed by atoms with Gasteiger partial charge in [0.2, 0.25) is 12.3 Å². The molecule has 1 N–H and O–H groups in total. The first kappa shape index (κ1) is 19.8. The van der Waals surface area contributed by atoms with Crippen molar-refractivity contribution in [2.75, 3.05) is 7.11 Å². The Morgan fingerprint density at radius 2 is 1.44 bits per heavy atom. The maximum Gasteiger partial charge on any atom is 0.223 e. The van der Waals surface area contributed by atoms with Crippen LogP contribution in [0.15, 0.2) is 12.1 Å². The van der Waals surface area contributed by atoms with Crippen molar-refractivity contribution in [1.82, 2.24) is 0 Å². The van der Waals surface area contributed by atoms with Crippen LogP contribution in [-0.4, -0.2) is 29.2 Å². The second-order valence-corrected chi connectivity index (χ2v) is 9.43. The number of hydrogen-bond donors (Lipinski definition) is 1. The molecule has 1 aromatic rings. The number of rotatable bonds is 3. The van der Waals surface area contributed by atoms with E-state index in [1.807, 2.05) is 4.74 Å². The standard InChI is InChI=1S/C22H35NO2/c1-21(2,3)18-13-16(14-19(20(18)24)22(4,5)6)15-23(25-7)17-11-9-8-10-12-17/h13-15,17H,8-12H2,1-7H3/p+1. The first-order valence-corrected chi connectivity index (χ1v) is 9.59. The van der Waals surface area contributed by atoms with Crippen LogP contribution < -0.4 is 0 Å². The Morgan fingerprint density at radius 1 is 0.960 bits per heavy atom. The highest BCUT2D eigenvalue weighted by molar-refractivity contribution is 5.78. The minimum absolute atomic E-state index is 0.114. The third kappa shape index (κ3) is 4.77. The van der Waals surface area contributed by atoms with E-state index in [4.69, 9.17) is 4.84 Å². The van der Waals surface area contributed by atoms with Gasteiger partial charge in [0.1, 0.15) is 12.9 Å². The van der Waals surface area contributed by atoms with Gasteiger partial charge in [-0.25, -0.2) is 0 Å². The Bertz CT molecular complexity index is 591. The summed E-state index contributed by atoms with van der Waals surface area (Å²) in [4.78, 5) is 5.69. The minimum Gasteiger partial charge on any atom is -0.507 e. The SMILES string of the molecule is CO/[N+](=C\c1cc(C(C)(C)C)c(O)c(C(C)(C)C)c1)C1CCCCC1. The van der Waals surface area contributed by atoms with Gasteiger partial charge in [-0.2, -0.15) is 0 Å². The summed E-state index contributed by atoms with van der Waals surface area (Å²) in [5, 5.41) is 10.9. The van der Waals surface area contributed by atoms with E-state index in [9.17, 15) is 5.11 Å². The summed E-state index contributed by atoms with van der Waals surface area (Å²) in [6.45, 7) is 12.9. The third-order valence-corrected chi connectivity index (χ3v) is 5.17. The minimum atomic E-state index is -0.114. The van der Waals surface area contributed by atoms with E-state index in [1.165, 1.54) is 32.1 Å². The second-order valence-electron chi connectivity index (χ2n) is 9.43. The van der Waals surface area contributed by atoms with Crippen molar-refractivity contribution >= 4 is 6.21 Å². The highest BCUT2D eigenvalue weighted by Gasteiger charge is 2.29. The third-order valence-electron chi connectivity index (χ3n) is 5.17. The van der Waals surface area contributed by atoms with Gasteiger partial charge in [-0.1, -0.05) is 48.0 Å². The zero-order valence-electron chi connectivity index (χ0n) is 17.1. The summed E-state index contributed by atoms with van der Waals surface area (Å²) in [6.07, 6.45) is 8.35. The number of hydrogen-bond acceptors (Lipinski definition) is 2. The molecule has 0 spiro atoms. The van der Waals surface area contributed by atoms with Crippen LogP contribution in [0.5, 0.6) is 5.75 Å². The molecule has 3 nitrogen and oxygen atoms in total. The normalized spacial score (nSPS) is 17.6. The number of aromatic hydroxyl groups is 1. The van der Waals surface area contributed by atoms with Crippen LogP contribution in [0.4, 0.5) is 0 Å². The average molecular weight is 347 g/mol. The van der Waals surface area contributed by atoms with Gasteiger partial charge in [0.15, 0.2) is 0 Å². The number of hydroxylamine groups is 1. The average Bonchev–Trinajstić information content (AvgIpc) is 2.52. The molecule has 25 heavy (non-hydrogen) atoms. The molecule has 140 valence electrons. The number of benzene rings is 1. The summed E-state index contributed by atoms with van der Waals surface area (Å²) in [6, 6.07) is 4.67. The lowest BCUT2D eigenvalue weighted by Crippen LogP contribution is -2.29. The van der Waals surface area contributed by atoms with E-state index in [-0.39, 0.29) is 10.8 Å². The molecule has 1 saturated carbocycles. The lowest BCUT2D eigenvalue weighted by atomic mass is 9.78. The molecule has 0 saturated heterocycles. The molecule has 0 aromatic heterocycles. The second kappa shape index (κ2) is 7.39. The lowest BCUT2D eigenvalue weighted by Gasteiger charge is -2.27. The summed E-state index contributed by atoms with van der Waals surface area (Å²) >= 11 is 0. The first-order chi connectivity index (χ1) is 11.5. The molecule has 0 heterocycles. The number of phenols is 1. The van der Waals surface area contributed by atoms with Gasteiger partial charge in [-0.3, -0.25) is 4.84 Å². The predicted molar refractivity (Wildman–Crippen MR) is 105 cm³/mol. The molecule has 2 rings (SSSR count). The first-order valence-electron chi connectivity index (χ1n) is 9.59. The monoisotopic (exact) mass is 346 g/mol. The van der Waals surface area contributed by atoms with E-state index in [0.717, 1.165) is 16.7 Å². The molecule has 0 atom stereocenters. The topological polar surface area (TPSA) is 32.5 Å². The number of nitrogens with zero attached hydrogens (tertiary/aromatic N) is 1. The quantitative estimate of drug-likeness (QED) is 0.457. The smallest absolute Gasteiger partial charge is 0.223 e. The van der Waals surface area contributed by atoms with Crippen LogP contribution in [0.1, 0.15) is 90.3 Å². The van der Waals surface area contributed by atoms with Crippen molar-refractivity contribution in [1.29, 1.82) is 0 Å². The van der Waals surface area contributed by atoms with Gasteiger partial charge in [-0.05, 0) is 40.5 Å². The van der Waals surface area contributed by atoms with Gasteiger partial charge in [0.25, 0.3) is 0 Å². The van der Waals surface area contributed by atoms with E-state index in [0.29, 0.717) is 11.8 Å². The Balaban J connectivity index is 2.54. The molecule has 0 radical (unpaired) electrons. The van der Waals surface area contributed by atoms with Crippen LogP contribution >= 0.6 is 0 Å². The fourth-order valence-corrected chi connectivity index (χ4v) is 3.66. The van der Waals surface area contributed by atoms with E-state index < -0.39 is 0 Å². The zero-order chi connectivity index (χ0) is 18.8. The summed E-state index contributed by atoms with van der Waals surface area (Å²) in [5.41, 5.74) is 2.85. The highest BCUT2D eigenvalue weighted by Crippen LogP contribution is 2.39. The van der Waals surface area contributed by atoms with E-state index in [1.54, 1.807) is 7.11 Å². The molecule has 1 aliphatic rings. The summed E-state index contributed by atoms with van der Waals surface area (Å²) in [5.74, 6) is 0.429. The van der Waals surface area contributed by atoms with Crippen molar-refractivity contribution in [2.45, 2.75) is 90.5 Å². The maximum atomic E-state index is 10.9. The molecule has 1 aliphatic carbocycles. The lowest BCUT2D eigenvalue weighted by molar-refractivity contribution is -0.802. The van der Waals surface area contributed by atoms with Crippen LogP contribution in [0.25, 0.3) is 0 Å². The van der Waals surface area contributed by atoms with Gasteiger partial charge < -0.3 is 5.11 Å². The van der Waals surface area contributed by atoms with Crippen LogP contribution in [-0.2, 0) is 15.7 Å². The largest absolute Gasteiger partial charge is 0.507 e. The van der Waals surface area contributed by atoms with Gasteiger partial charge in [0.05, 0.1) is 0 Å². The Kier molecular flexibility index (Phi) is 5.86. The molecule has 0 bridgehead atoms. The zero-order valence-corrected chi connectivity index (χ0v) is 17.1.